The zero-order valence-electron chi connectivity index (χ0n) is 10.7. The van der Waals surface area contributed by atoms with Gasteiger partial charge in [-0.2, -0.15) is 0 Å². The maximum Gasteiger partial charge on any atom is 0.119 e. The van der Waals surface area contributed by atoms with Crippen molar-refractivity contribution >= 4 is 34.8 Å². The number of hydrogen-bond acceptors (Lipinski definition) is 1. The molecule has 1 rings (SSSR count). The van der Waals surface area contributed by atoms with E-state index < -0.39 is 0 Å². The maximum atomic E-state index is 5.89. The van der Waals surface area contributed by atoms with Crippen molar-refractivity contribution in [2.75, 3.05) is 7.11 Å². The number of hydrogen-bond donors (Lipinski definition) is 0. The maximum absolute atomic E-state index is 5.89. The molecule has 1 atom stereocenters. The van der Waals surface area contributed by atoms with Crippen LogP contribution in [0.1, 0.15) is 25.8 Å². The number of rotatable bonds is 5. The summed E-state index contributed by atoms with van der Waals surface area (Å²) < 4.78 is 5.14. The molecule has 0 aliphatic carbocycles. The third kappa shape index (κ3) is 3.92. The molecule has 0 aliphatic rings. The standard InChI is InChI=1S/C14H18BBrO/c1-9(2)7-13(16)10(3)11-5-6-14(17-4)12(15)8-11/h5-6,8-9,13H,3,7H2,1-2,4H3. The fourth-order valence-corrected chi connectivity index (χ4v) is 2.68. The summed E-state index contributed by atoms with van der Waals surface area (Å²) in [4.78, 5) is 0.287. The third-order valence-electron chi connectivity index (χ3n) is 2.66. The van der Waals surface area contributed by atoms with Gasteiger partial charge in [-0.1, -0.05) is 54.0 Å². The van der Waals surface area contributed by atoms with Crippen molar-refractivity contribution in [2.24, 2.45) is 5.92 Å². The number of ether oxygens (including phenoxy) is 1. The Morgan fingerprint density at radius 2 is 2.12 bits per heavy atom. The van der Waals surface area contributed by atoms with E-state index in [-0.39, 0.29) is 4.83 Å². The van der Waals surface area contributed by atoms with Gasteiger partial charge in [-0.3, -0.25) is 0 Å². The van der Waals surface area contributed by atoms with Gasteiger partial charge in [-0.05, 0) is 29.5 Å². The second kappa shape index (κ2) is 6.30. The molecule has 0 amide bonds. The van der Waals surface area contributed by atoms with Gasteiger partial charge in [0.15, 0.2) is 0 Å². The Morgan fingerprint density at radius 3 is 2.59 bits per heavy atom. The highest BCUT2D eigenvalue weighted by atomic mass is 79.9. The van der Waals surface area contributed by atoms with Gasteiger partial charge in [0.2, 0.25) is 0 Å². The minimum Gasteiger partial charge on any atom is -0.497 e. The van der Waals surface area contributed by atoms with Crippen LogP contribution in [0.3, 0.4) is 0 Å². The zero-order chi connectivity index (χ0) is 13.0. The highest BCUT2D eigenvalue weighted by Crippen LogP contribution is 2.27. The summed E-state index contributed by atoms with van der Waals surface area (Å²) in [6.07, 6.45) is 1.06. The topological polar surface area (TPSA) is 9.23 Å². The molecular formula is C14H18BBrO. The summed E-state index contributed by atoms with van der Waals surface area (Å²) in [7, 11) is 7.51. The van der Waals surface area contributed by atoms with Crippen molar-refractivity contribution in [3.63, 3.8) is 0 Å². The van der Waals surface area contributed by atoms with E-state index in [2.05, 4.69) is 36.4 Å². The molecule has 1 aromatic rings. The molecule has 0 heterocycles. The van der Waals surface area contributed by atoms with Crippen LogP contribution in [-0.4, -0.2) is 19.8 Å². The molecule has 0 saturated heterocycles. The van der Waals surface area contributed by atoms with Crippen LogP contribution in [0.15, 0.2) is 24.8 Å². The van der Waals surface area contributed by atoms with Crippen LogP contribution in [0.25, 0.3) is 5.57 Å². The number of allylic oxidation sites excluding steroid dienone is 1. The van der Waals surface area contributed by atoms with Gasteiger partial charge in [0.1, 0.15) is 13.6 Å². The fraction of sp³-hybridized carbons (Fsp3) is 0.429. The first-order chi connectivity index (χ1) is 7.95. The lowest BCUT2D eigenvalue weighted by Crippen LogP contribution is -2.10. The van der Waals surface area contributed by atoms with E-state index in [1.54, 1.807) is 7.11 Å². The summed E-state index contributed by atoms with van der Waals surface area (Å²) in [5.41, 5.74) is 2.77. The van der Waals surface area contributed by atoms with Gasteiger partial charge in [0.05, 0.1) is 7.11 Å². The lowest BCUT2D eigenvalue weighted by atomic mass is 9.90. The molecule has 0 aliphatic heterocycles. The Labute approximate surface area is 114 Å². The van der Waals surface area contributed by atoms with Gasteiger partial charge in [-0.25, -0.2) is 0 Å². The average molecular weight is 293 g/mol. The molecule has 0 spiro atoms. The number of alkyl halides is 1. The normalized spacial score (nSPS) is 12.5. The highest BCUT2D eigenvalue weighted by Gasteiger charge is 2.13. The van der Waals surface area contributed by atoms with Crippen LogP contribution < -0.4 is 10.2 Å². The van der Waals surface area contributed by atoms with Crippen molar-refractivity contribution in [3.05, 3.63) is 30.3 Å². The molecule has 0 saturated carbocycles. The monoisotopic (exact) mass is 292 g/mol. The predicted molar refractivity (Wildman–Crippen MR) is 79.6 cm³/mol. The molecule has 90 valence electrons. The molecular weight excluding hydrogens is 275 g/mol. The van der Waals surface area contributed by atoms with Gasteiger partial charge in [-0.15, -0.1) is 0 Å². The van der Waals surface area contributed by atoms with Crippen molar-refractivity contribution in [1.29, 1.82) is 0 Å². The first kappa shape index (κ1) is 14.4. The van der Waals surface area contributed by atoms with E-state index in [0.717, 1.165) is 17.6 Å². The Kier molecular flexibility index (Phi) is 5.32. The summed E-state index contributed by atoms with van der Waals surface area (Å²) in [5.74, 6) is 1.34. The first-order valence-corrected chi connectivity index (χ1v) is 6.64. The number of benzene rings is 1. The van der Waals surface area contributed by atoms with Crippen molar-refractivity contribution in [3.8, 4) is 5.75 Å². The molecule has 1 nitrogen and oxygen atoms in total. The van der Waals surface area contributed by atoms with Crippen LogP contribution in [0.4, 0.5) is 0 Å². The number of halogens is 1. The van der Waals surface area contributed by atoms with Crippen LogP contribution in [0.2, 0.25) is 0 Å². The minimum atomic E-state index is 0.287. The second-order valence-electron chi connectivity index (χ2n) is 4.58. The zero-order valence-corrected chi connectivity index (χ0v) is 12.3. The molecule has 0 fully saturated rings. The largest absolute Gasteiger partial charge is 0.497 e. The van der Waals surface area contributed by atoms with Crippen molar-refractivity contribution in [1.82, 2.24) is 0 Å². The molecule has 0 aromatic heterocycles. The predicted octanol–water partition coefficient (Wildman–Crippen LogP) is 3.31. The lowest BCUT2D eigenvalue weighted by Gasteiger charge is -2.17. The Hall–Kier alpha value is -0.695. The summed E-state index contributed by atoms with van der Waals surface area (Å²) in [5, 5.41) is 0. The molecule has 2 radical (unpaired) electrons. The molecule has 17 heavy (non-hydrogen) atoms. The Balaban J connectivity index is 2.86. The van der Waals surface area contributed by atoms with Gasteiger partial charge in [0.25, 0.3) is 0 Å². The molecule has 0 bridgehead atoms. The van der Waals surface area contributed by atoms with Crippen LogP contribution in [-0.2, 0) is 0 Å². The van der Waals surface area contributed by atoms with E-state index in [0.29, 0.717) is 17.1 Å². The third-order valence-corrected chi connectivity index (χ3v) is 3.58. The highest BCUT2D eigenvalue weighted by molar-refractivity contribution is 9.09. The van der Waals surface area contributed by atoms with E-state index in [4.69, 9.17) is 12.6 Å². The molecule has 0 N–H and O–H groups in total. The average Bonchev–Trinajstić information content (AvgIpc) is 2.27. The van der Waals surface area contributed by atoms with Gasteiger partial charge >= 0.3 is 0 Å². The van der Waals surface area contributed by atoms with E-state index in [9.17, 15) is 0 Å². The molecule has 1 unspecified atom stereocenters. The number of methoxy groups -OCH3 is 1. The van der Waals surface area contributed by atoms with Gasteiger partial charge < -0.3 is 4.74 Å². The SMILES string of the molecule is [B]c1cc(C(=C)C(Br)CC(C)C)ccc1OC. The van der Waals surface area contributed by atoms with E-state index >= 15 is 0 Å². The van der Waals surface area contributed by atoms with Crippen LogP contribution in [0, 0.1) is 5.92 Å². The summed E-state index contributed by atoms with van der Waals surface area (Å²) in [6, 6.07) is 5.78. The molecule has 1 aromatic carbocycles. The quantitative estimate of drug-likeness (QED) is 0.598. The van der Waals surface area contributed by atoms with Crippen molar-refractivity contribution < 1.29 is 4.74 Å². The molecule has 3 heteroatoms. The fourth-order valence-electron chi connectivity index (χ4n) is 1.67. The van der Waals surface area contributed by atoms with E-state index in [1.165, 1.54) is 0 Å². The minimum absolute atomic E-state index is 0.287. The smallest absolute Gasteiger partial charge is 0.119 e. The second-order valence-corrected chi connectivity index (χ2v) is 5.68. The summed E-state index contributed by atoms with van der Waals surface area (Å²) in [6.45, 7) is 8.53. The van der Waals surface area contributed by atoms with E-state index in [1.807, 2.05) is 18.2 Å². The van der Waals surface area contributed by atoms with Crippen LogP contribution >= 0.6 is 15.9 Å². The lowest BCUT2D eigenvalue weighted by molar-refractivity contribution is 0.418. The Morgan fingerprint density at radius 1 is 1.47 bits per heavy atom. The van der Waals surface area contributed by atoms with Gasteiger partial charge in [0, 0.05) is 4.83 Å². The van der Waals surface area contributed by atoms with Crippen LogP contribution in [0.5, 0.6) is 5.75 Å². The van der Waals surface area contributed by atoms with Crippen molar-refractivity contribution in [2.45, 2.75) is 25.1 Å². The Bertz CT molecular complexity index is 401. The summed E-state index contributed by atoms with van der Waals surface area (Å²) >= 11 is 3.67. The first-order valence-electron chi connectivity index (χ1n) is 5.72.